The van der Waals surface area contributed by atoms with Crippen LogP contribution in [-0.2, 0) is 18.3 Å². The van der Waals surface area contributed by atoms with Crippen LogP contribution in [0.25, 0.3) is 6.08 Å². The van der Waals surface area contributed by atoms with Gasteiger partial charge in [-0.2, -0.15) is 0 Å². The van der Waals surface area contributed by atoms with Crippen molar-refractivity contribution in [3.05, 3.63) is 29.1 Å². The molecule has 0 spiro atoms. The number of hydrogen-bond acceptors (Lipinski definition) is 3. The summed E-state index contributed by atoms with van der Waals surface area (Å²) in [6.45, 7) is 0. The first kappa shape index (κ1) is 8.68. The van der Waals surface area contributed by atoms with Crippen molar-refractivity contribution in [1.29, 1.82) is 0 Å². The van der Waals surface area contributed by atoms with Crippen molar-refractivity contribution < 1.29 is 9.90 Å². The number of nitrogens with zero attached hydrogens (tertiary/aromatic N) is 3. The molecule has 5 heteroatoms. The van der Waals surface area contributed by atoms with Crippen molar-refractivity contribution >= 4 is 12.0 Å². The highest BCUT2D eigenvalue weighted by Crippen LogP contribution is 2.15. The molecule has 2 rings (SSSR count). The third-order valence-electron chi connectivity index (χ3n) is 2.16. The topological polar surface area (TPSA) is 68.0 Å². The Balaban J connectivity index is 2.41. The molecule has 1 aliphatic rings. The smallest absolute Gasteiger partial charge is 0.335 e. The summed E-state index contributed by atoms with van der Waals surface area (Å²) in [5.74, 6) is -0.915. The van der Waals surface area contributed by atoms with Crippen molar-refractivity contribution in [1.82, 2.24) is 15.0 Å². The maximum absolute atomic E-state index is 10.7. The summed E-state index contributed by atoms with van der Waals surface area (Å²) in [5, 5.41) is 16.5. The fourth-order valence-corrected chi connectivity index (χ4v) is 1.36. The third-order valence-corrected chi connectivity index (χ3v) is 2.16. The second-order valence-electron chi connectivity index (χ2n) is 3.05. The summed E-state index contributed by atoms with van der Waals surface area (Å²) < 4.78 is 1.65. The Hall–Kier alpha value is -1.91. The monoisotopic (exact) mass is 191 g/mol. The van der Waals surface area contributed by atoms with Gasteiger partial charge in [-0.3, -0.25) is 4.68 Å². The zero-order valence-electron chi connectivity index (χ0n) is 7.64. The Bertz CT molecular complexity index is 443. The molecule has 0 saturated heterocycles. The van der Waals surface area contributed by atoms with Crippen LogP contribution in [0.5, 0.6) is 0 Å². The van der Waals surface area contributed by atoms with Crippen LogP contribution in [-0.4, -0.2) is 26.1 Å². The van der Waals surface area contributed by atoms with Crippen molar-refractivity contribution in [3.63, 3.8) is 0 Å². The normalized spacial score (nSPS) is 14.5. The average Bonchev–Trinajstić information content (AvgIpc) is 2.38. The highest BCUT2D eigenvalue weighted by atomic mass is 16.4. The van der Waals surface area contributed by atoms with Gasteiger partial charge >= 0.3 is 5.97 Å². The van der Waals surface area contributed by atoms with Crippen molar-refractivity contribution in [2.75, 3.05) is 0 Å². The van der Waals surface area contributed by atoms with E-state index in [2.05, 4.69) is 10.3 Å². The third kappa shape index (κ3) is 1.32. The van der Waals surface area contributed by atoms with Gasteiger partial charge in [-0.15, -0.1) is 5.10 Å². The van der Waals surface area contributed by atoms with Gasteiger partial charge in [-0.25, -0.2) is 4.79 Å². The van der Waals surface area contributed by atoms with Gasteiger partial charge in [0.05, 0.1) is 11.3 Å². The van der Waals surface area contributed by atoms with Crippen molar-refractivity contribution in [3.8, 4) is 0 Å². The largest absolute Gasteiger partial charge is 0.478 e. The number of aliphatic carboxylic acids is 1. The Labute approximate surface area is 80.4 Å². The minimum Gasteiger partial charge on any atom is -0.478 e. The van der Waals surface area contributed by atoms with Gasteiger partial charge in [0.1, 0.15) is 5.69 Å². The number of aryl methyl sites for hydroxylation is 1. The minimum atomic E-state index is -0.915. The van der Waals surface area contributed by atoms with E-state index in [0.717, 1.165) is 11.4 Å². The first-order chi connectivity index (χ1) is 6.68. The molecule has 14 heavy (non-hydrogen) atoms. The zero-order valence-corrected chi connectivity index (χ0v) is 7.64. The Kier molecular flexibility index (Phi) is 1.92. The number of fused-ring (bicyclic) bond motifs is 1. The molecule has 1 aromatic rings. The minimum absolute atomic E-state index is 0.294. The van der Waals surface area contributed by atoms with Crippen molar-refractivity contribution in [2.24, 2.45) is 7.05 Å². The summed E-state index contributed by atoms with van der Waals surface area (Å²) in [6.07, 6.45) is 5.43. The van der Waals surface area contributed by atoms with Gasteiger partial charge in [-0.1, -0.05) is 11.3 Å². The molecule has 0 atom stereocenters. The van der Waals surface area contributed by atoms with E-state index >= 15 is 0 Å². The molecule has 0 bridgehead atoms. The average molecular weight is 191 g/mol. The highest BCUT2D eigenvalue weighted by Gasteiger charge is 2.12. The maximum atomic E-state index is 10.7. The summed E-state index contributed by atoms with van der Waals surface area (Å²) in [6, 6.07) is 0. The van der Waals surface area contributed by atoms with Crippen LogP contribution in [0.4, 0.5) is 0 Å². The molecule has 0 aromatic carbocycles. The van der Waals surface area contributed by atoms with E-state index < -0.39 is 5.97 Å². The van der Waals surface area contributed by atoms with Crippen LogP contribution in [0.2, 0.25) is 0 Å². The number of carbonyl (C=O) groups is 1. The van der Waals surface area contributed by atoms with Gasteiger partial charge in [0.15, 0.2) is 0 Å². The van der Waals surface area contributed by atoms with Crippen LogP contribution < -0.4 is 0 Å². The molecular formula is C9H9N3O2. The Morgan fingerprint density at radius 2 is 2.36 bits per heavy atom. The Morgan fingerprint density at radius 3 is 3.07 bits per heavy atom. The number of carboxylic acid groups (broad SMARTS) is 1. The van der Waals surface area contributed by atoms with Crippen molar-refractivity contribution in [2.45, 2.75) is 6.42 Å². The first-order valence-electron chi connectivity index (χ1n) is 4.18. The number of hydrogen-bond donors (Lipinski definition) is 1. The van der Waals surface area contributed by atoms with Gasteiger partial charge in [0.25, 0.3) is 0 Å². The molecule has 0 radical (unpaired) electrons. The second-order valence-corrected chi connectivity index (χ2v) is 3.05. The SMILES string of the molecule is Cn1nnc2c1CC=C(C(=O)O)C=C2. The number of carboxylic acids is 1. The molecule has 1 N–H and O–H groups in total. The van der Waals surface area contributed by atoms with Crippen LogP contribution >= 0.6 is 0 Å². The van der Waals surface area contributed by atoms with Crippen LogP contribution in [0, 0.1) is 0 Å². The molecular weight excluding hydrogens is 182 g/mol. The lowest BCUT2D eigenvalue weighted by Gasteiger charge is -1.95. The lowest BCUT2D eigenvalue weighted by Crippen LogP contribution is -2.00. The molecule has 0 amide bonds. The van der Waals surface area contributed by atoms with Crippen LogP contribution in [0.3, 0.4) is 0 Å². The molecule has 1 heterocycles. The summed E-state index contributed by atoms with van der Waals surface area (Å²) in [5.41, 5.74) is 1.96. The quantitative estimate of drug-likeness (QED) is 0.697. The predicted molar refractivity (Wildman–Crippen MR) is 49.5 cm³/mol. The fraction of sp³-hybridized carbons (Fsp3) is 0.222. The fourth-order valence-electron chi connectivity index (χ4n) is 1.36. The van der Waals surface area contributed by atoms with E-state index in [1.807, 2.05) is 0 Å². The van der Waals surface area contributed by atoms with Crippen LogP contribution in [0.1, 0.15) is 11.4 Å². The molecule has 1 aromatic heterocycles. The molecule has 0 unspecified atom stereocenters. The van der Waals surface area contributed by atoms with E-state index in [9.17, 15) is 4.79 Å². The van der Waals surface area contributed by atoms with E-state index in [1.54, 1.807) is 30.0 Å². The number of rotatable bonds is 1. The molecule has 5 nitrogen and oxygen atoms in total. The number of allylic oxidation sites excluding steroid dienone is 1. The maximum Gasteiger partial charge on any atom is 0.335 e. The van der Waals surface area contributed by atoms with E-state index in [1.165, 1.54) is 0 Å². The van der Waals surface area contributed by atoms with Gasteiger partial charge in [-0.05, 0) is 12.2 Å². The summed E-state index contributed by atoms with van der Waals surface area (Å²) in [4.78, 5) is 10.7. The van der Waals surface area contributed by atoms with Gasteiger partial charge in [0, 0.05) is 13.5 Å². The molecule has 1 aliphatic carbocycles. The highest BCUT2D eigenvalue weighted by molar-refractivity contribution is 5.91. The Morgan fingerprint density at radius 1 is 1.57 bits per heavy atom. The lowest BCUT2D eigenvalue weighted by molar-refractivity contribution is -0.132. The zero-order chi connectivity index (χ0) is 10.1. The standard InChI is InChI=1S/C9H9N3O2/c1-12-8-5-3-6(9(13)14)2-4-7(8)10-11-12/h2-4H,5H2,1H3,(H,13,14). The van der Waals surface area contributed by atoms with E-state index in [-0.39, 0.29) is 0 Å². The van der Waals surface area contributed by atoms with Gasteiger partial charge in [0.2, 0.25) is 0 Å². The van der Waals surface area contributed by atoms with E-state index in [0.29, 0.717) is 12.0 Å². The van der Waals surface area contributed by atoms with E-state index in [4.69, 9.17) is 5.11 Å². The lowest BCUT2D eigenvalue weighted by atomic mass is 10.2. The summed E-state index contributed by atoms with van der Waals surface area (Å²) >= 11 is 0. The molecule has 72 valence electrons. The summed E-state index contributed by atoms with van der Waals surface area (Å²) in [7, 11) is 1.79. The molecule has 0 saturated carbocycles. The molecule has 0 fully saturated rings. The van der Waals surface area contributed by atoms with Gasteiger partial charge < -0.3 is 5.11 Å². The second kappa shape index (κ2) is 3.10. The number of aromatic nitrogens is 3. The van der Waals surface area contributed by atoms with Crippen LogP contribution in [0.15, 0.2) is 17.7 Å². The molecule has 0 aliphatic heterocycles. The first-order valence-corrected chi connectivity index (χ1v) is 4.18. The predicted octanol–water partition coefficient (Wildman–Crippen LogP) is 0.395.